The van der Waals surface area contributed by atoms with Crippen LogP contribution in [0.1, 0.15) is 23.8 Å². The van der Waals surface area contributed by atoms with E-state index in [4.69, 9.17) is 10.2 Å². The van der Waals surface area contributed by atoms with Crippen molar-refractivity contribution < 1.29 is 9.21 Å². The number of hydrogen-bond donors (Lipinski definition) is 2. The Morgan fingerprint density at radius 3 is 2.68 bits per heavy atom. The van der Waals surface area contributed by atoms with E-state index in [2.05, 4.69) is 5.32 Å². The summed E-state index contributed by atoms with van der Waals surface area (Å²) in [5, 5.41) is 2.84. The van der Waals surface area contributed by atoms with E-state index in [1.807, 2.05) is 42.5 Å². The van der Waals surface area contributed by atoms with Crippen molar-refractivity contribution in [2.24, 2.45) is 5.73 Å². The van der Waals surface area contributed by atoms with E-state index >= 15 is 0 Å². The average molecular weight is 258 g/mol. The van der Waals surface area contributed by atoms with Gasteiger partial charge in [0, 0.05) is 25.4 Å². The summed E-state index contributed by atoms with van der Waals surface area (Å²) < 4.78 is 5.17. The van der Waals surface area contributed by atoms with E-state index in [1.54, 1.807) is 6.26 Å². The second-order valence-corrected chi connectivity index (χ2v) is 4.40. The molecule has 1 atom stereocenters. The van der Waals surface area contributed by atoms with Gasteiger partial charge in [-0.25, -0.2) is 0 Å². The van der Waals surface area contributed by atoms with Crippen LogP contribution in [0.5, 0.6) is 0 Å². The first-order valence-electron chi connectivity index (χ1n) is 6.35. The molecule has 2 aromatic rings. The number of nitrogens with two attached hydrogens (primary N) is 1. The molecule has 2 rings (SSSR count). The van der Waals surface area contributed by atoms with Crippen molar-refractivity contribution in [1.29, 1.82) is 0 Å². The lowest BCUT2D eigenvalue weighted by Gasteiger charge is -2.12. The zero-order valence-electron chi connectivity index (χ0n) is 10.7. The number of rotatable bonds is 6. The fourth-order valence-corrected chi connectivity index (χ4v) is 1.82. The molecule has 1 heterocycles. The van der Waals surface area contributed by atoms with Gasteiger partial charge in [-0.3, -0.25) is 4.79 Å². The van der Waals surface area contributed by atoms with E-state index in [1.165, 1.54) is 0 Å². The van der Waals surface area contributed by atoms with Gasteiger partial charge in [-0.2, -0.15) is 0 Å². The minimum absolute atomic E-state index is 0.0113. The Labute approximate surface area is 112 Å². The molecule has 1 amide bonds. The summed E-state index contributed by atoms with van der Waals surface area (Å²) in [6, 6.07) is 13.2. The van der Waals surface area contributed by atoms with Gasteiger partial charge in [0.25, 0.3) is 0 Å². The van der Waals surface area contributed by atoms with Crippen LogP contribution in [0.2, 0.25) is 0 Å². The molecule has 0 aliphatic carbocycles. The third kappa shape index (κ3) is 4.26. The highest BCUT2D eigenvalue weighted by molar-refractivity contribution is 5.76. The molecule has 100 valence electrons. The van der Waals surface area contributed by atoms with Crippen LogP contribution in [-0.2, 0) is 11.2 Å². The second kappa shape index (κ2) is 6.75. The minimum atomic E-state index is -0.172. The van der Waals surface area contributed by atoms with Crippen LogP contribution in [0, 0.1) is 0 Å². The highest BCUT2D eigenvalue weighted by atomic mass is 16.3. The summed E-state index contributed by atoms with van der Waals surface area (Å²) in [4.78, 5) is 11.7. The maximum atomic E-state index is 11.7. The molecule has 0 bridgehead atoms. The van der Waals surface area contributed by atoms with Crippen molar-refractivity contribution >= 4 is 5.91 Å². The number of furan rings is 1. The van der Waals surface area contributed by atoms with Gasteiger partial charge in [0.2, 0.25) is 5.91 Å². The Balaban J connectivity index is 1.71. The third-order valence-corrected chi connectivity index (χ3v) is 2.93. The molecule has 3 N–H and O–H groups in total. The molecular weight excluding hydrogens is 240 g/mol. The summed E-state index contributed by atoms with van der Waals surface area (Å²) >= 11 is 0. The molecule has 1 aromatic heterocycles. The van der Waals surface area contributed by atoms with E-state index in [0.717, 1.165) is 11.3 Å². The lowest BCUT2D eigenvalue weighted by molar-refractivity contribution is -0.121. The first-order valence-corrected chi connectivity index (χ1v) is 6.35. The molecule has 0 spiro atoms. The smallest absolute Gasteiger partial charge is 0.220 e. The Hall–Kier alpha value is -2.07. The molecule has 0 fully saturated rings. The fourth-order valence-electron chi connectivity index (χ4n) is 1.82. The molecule has 4 heteroatoms. The molecule has 1 aromatic carbocycles. The molecule has 0 aliphatic heterocycles. The highest BCUT2D eigenvalue weighted by Gasteiger charge is 2.08. The summed E-state index contributed by atoms with van der Waals surface area (Å²) in [6.07, 6.45) is 2.63. The topological polar surface area (TPSA) is 68.3 Å². The largest absolute Gasteiger partial charge is 0.469 e. The van der Waals surface area contributed by atoms with Gasteiger partial charge in [0.15, 0.2) is 0 Å². The zero-order valence-corrected chi connectivity index (χ0v) is 10.7. The maximum Gasteiger partial charge on any atom is 0.220 e. The second-order valence-electron chi connectivity index (χ2n) is 4.40. The van der Waals surface area contributed by atoms with E-state index in [-0.39, 0.29) is 11.9 Å². The number of carbonyl (C=O) groups excluding carboxylic acids is 1. The standard InChI is InChI=1S/C15H18N2O2/c16-14(12-5-2-1-3-6-12)11-17-15(18)9-8-13-7-4-10-19-13/h1-7,10,14H,8-9,11,16H2,(H,17,18). The maximum absolute atomic E-state index is 11.7. The number of amides is 1. The lowest BCUT2D eigenvalue weighted by Crippen LogP contribution is -2.31. The van der Waals surface area contributed by atoms with Crippen LogP contribution in [-0.4, -0.2) is 12.5 Å². The molecule has 0 saturated heterocycles. The SMILES string of the molecule is NC(CNC(=O)CCc1ccco1)c1ccccc1. The first kappa shape index (κ1) is 13.4. The summed E-state index contributed by atoms with van der Waals surface area (Å²) in [7, 11) is 0. The first-order chi connectivity index (χ1) is 9.25. The van der Waals surface area contributed by atoms with Crippen LogP contribution in [0.4, 0.5) is 0 Å². The molecule has 0 radical (unpaired) electrons. The fraction of sp³-hybridized carbons (Fsp3) is 0.267. The van der Waals surface area contributed by atoms with Gasteiger partial charge in [0.05, 0.1) is 6.26 Å². The Morgan fingerprint density at radius 2 is 2.00 bits per heavy atom. The number of nitrogens with one attached hydrogen (secondary N) is 1. The van der Waals surface area contributed by atoms with Crippen LogP contribution in [0.15, 0.2) is 53.1 Å². The lowest BCUT2D eigenvalue weighted by atomic mass is 10.1. The van der Waals surface area contributed by atoms with Crippen LogP contribution in [0.3, 0.4) is 0 Å². The van der Waals surface area contributed by atoms with Crippen molar-refractivity contribution in [2.45, 2.75) is 18.9 Å². The van der Waals surface area contributed by atoms with Crippen molar-refractivity contribution in [2.75, 3.05) is 6.54 Å². The minimum Gasteiger partial charge on any atom is -0.469 e. The van der Waals surface area contributed by atoms with Crippen molar-refractivity contribution in [3.8, 4) is 0 Å². The summed E-state index contributed by atoms with van der Waals surface area (Å²) in [6.45, 7) is 0.445. The Kier molecular flexibility index (Phi) is 4.75. The van der Waals surface area contributed by atoms with Crippen molar-refractivity contribution in [3.63, 3.8) is 0 Å². The predicted molar refractivity (Wildman–Crippen MR) is 73.4 cm³/mol. The molecule has 4 nitrogen and oxygen atoms in total. The van der Waals surface area contributed by atoms with Gasteiger partial charge in [-0.15, -0.1) is 0 Å². The number of aryl methyl sites for hydroxylation is 1. The van der Waals surface area contributed by atoms with Gasteiger partial charge < -0.3 is 15.5 Å². The van der Waals surface area contributed by atoms with Crippen molar-refractivity contribution in [3.05, 3.63) is 60.1 Å². The van der Waals surface area contributed by atoms with E-state index < -0.39 is 0 Å². The number of hydrogen-bond acceptors (Lipinski definition) is 3. The molecule has 1 unspecified atom stereocenters. The van der Waals surface area contributed by atoms with Gasteiger partial charge in [-0.1, -0.05) is 30.3 Å². The van der Waals surface area contributed by atoms with E-state index in [0.29, 0.717) is 19.4 Å². The monoisotopic (exact) mass is 258 g/mol. The van der Waals surface area contributed by atoms with Crippen LogP contribution >= 0.6 is 0 Å². The van der Waals surface area contributed by atoms with Gasteiger partial charge in [-0.05, 0) is 17.7 Å². The van der Waals surface area contributed by atoms with Crippen molar-refractivity contribution in [1.82, 2.24) is 5.32 Å². The molecule has 0 saturated carbocycles. The summed E-state index contributed by atoms with van der Waals surface area (Å²) in [5.74, 6) is 0.810. The Morgan fingerprint density at radius 1 is 1.21 bits per heavy atom. The molecule has 19 heavy (non-hydrogen) atoms. The van der Waals surface area contributed by atoms with E-state index in [9.17, 15) is 4.79 Å². The van der Waals surface area contributed by atoms with Gasteiger partial charge in [0.1, 0.15) is 5.76 Å². The average Bonchev–Trinajstić information content (AvgIpc) is 2.96. The van der Waals surface area contributed by atoms with Gasteiger partial charge >= 0.3 is 0 Å². The number of carbonyl (C=O) groups is 1. The molecule has 0 aliphatic rings. The quantitative estimate of drug-likeness (QED) is 0.833. The van der Waals surface area contributed by atoms with Crippen LogP contribution < -0.4 is 11.1 Å². The third-order valence-electron chi connectivity index (χ3n) is 2.93. The number of benzene rings is 1. The predicted octanol–water partition coefficient (Wildman–Crippen LogP) is 2.03. The Bertz CT molecular complexity index is 494. The normalized spacial score (nSPS) is 12.1. The summed E-state index contributed by atoms with van der Waals surface area (Å²) in [5.41, 5.74) is 7.02. The van der Waals surface area contributed by atoms with Crippen LogP contribution in [0.25, 0.3) is 0 Å². The zero-order chi connectivity index (χ0) is 13.5. The highest BCUT2D eigenvalue weighted by Crippen LogP contribution is 2.08. The molecular formula is C15H18N2O2.